The van der Waals surface area contributed by atoms with E-state index in [1.54, 1.807) is 4.90 Å². The fourth-order valence-electron chi connectivity index (χ4n) is 1.70. The van der Waals surface area contributed by atoms with E-state index < -0.39 is 6.10 Å². The van der Waals surface area contributed by atoms with Crippen LogP contribution in [0.3, 0.4) is 0 Å². The van der Waals surface area contributed by atoms with E-state index in [1.807, 2.05) is 6.92 Å². The van der Waals surface area contributed by atoms with Crippen LogP contribution in [0.1, 0.15) is 13.3 Å². The molecule has 0 saturated carbocycles. The van der Waals surface area contributed by atoms with Crippen molar-refractivity contribution < 1.29 is 14.7 Å². The highest BCUT2D eigenvalue weighted by atomic mass is 16.3. The smallest absolute Gasteiger partial charge is 0.243 e. The Hall–Kier alpha value is -0.980. The van der Waals surface area contributed by atoms with Crippen LogP contribution in [0, 0.1) is 0 Å². The van der Waals surface area contributed by atoms with Gasteiger partial charge in [0, 0.05) is 13.1 Å². The molecule has 2 atom stereocenters. The first-order chi connectivity index (χ1) is 7.08. The lowest BCUT2D eigenvalue weighted by molar-refractivity contribution is -0.140. The average molecular weight is 215 g/mol. The lowest BCUT2D eigenvalue weighted by Crippen LogP contribution is -2.59. The summed E-state index contributed by atoms with van der Waals surface area (Å²) in [5.74, 6) is -0.619. The summed E-state index contributed by atoms with van der Waals surface area (Å²) in [6, 6.07) is -0.344. The minimum atomic E-state index is -0.697. The minimum Gasteiger partial charge on any atom is -0.390 e. The zero-order chi connectivity index (χ0) is 11.4. The number of β-amino-alcohol motifs (C(OH)–C–C–N with tert-alkyl or cyclic N) is 1. The normalized spacial score (nSPS) is 25.1. The van der Waals surface area contributed by atoms with Gasteiger partial charge in [-0.05, 0) is 6.42 Å². The molecule has 0 aliphatic carbocycles. The number of hydrogen-bond acceptors (Lipinski definition) is 5. The number of aliphatic hydroxyl groups is 1. The van der Waals surface area contributed by atoms with Gasteiger partial charge in [0.2, 0.25) is 11.8 Å². The average Bonchev–Trinajstić information content (AvgIpc) is 2.17. The van der Waals surface area contributed by atoms with Gasteiger partial charge in [0.1, 0.15) is 0 Å². The van der Waals surface area contributed by atoms with Gasteiger partial charge in [-0.25, -0.2) is 0 Å². The van der Waals surface area contributed by atoms with E-state index in [9.17, 15) is 14.7 Å². The van der Waals surface area contributed by atoms with Gasteiger partial charge in [-0.1, -0.05) is 6.92 Å². The summed E-state index contributed by atoms with van der Waals surface area (Å²) < 4.78 is 0. The van der Waals surface area contributed by atoms with Gasteiger partial charge in [-0.2, -0.15) is 0 Å². The van der Waals surface area contributed by atoms with Crippen LogP contribution >= 0.6 is 0 Å². The maximum atomic E-state index is 11.4. The maximum absolute atomic E-state index is 11.4. The second-order valence-corrected chi connectivity index (χ2v) is 3.66. The molecular weight excluding hydrogens is 198 g/mol. The van der Waals surface area contributed by atoms with Gasteiger partial charge >= 0.3 is 0 Å². The number of aliphatic hydroxyl groups excluding tert-OH is 1. The van der Waals surface area contributed by atoms with E-state index in [0.29, 0.717) is 6.42 Å². The highest BCUT2D eigenvalue weighted by Crippen LogP contribution is 2.09. The fraction of sp³-hybridized carbons (Fsp3) is 0.778. The molecule has 1 heterocycles. The molecule has 6 nitrogen and oxygen atoms in total. The van der Waals surface area contributed by atoms with Crippen LogP contribution in [0.4, 0.5) is 0 Å². The summed E-state index contributed by atoms with van der Waals surface area (Å²) >= 11 is 0. The van der Waals surface area contributed by atoms with Gasteiger partial charge in [0.05, 0.1) is 18.7 Å². The van der Waals surface area contributed by atoms with Crippen LogP contribution in [-0.2, 0) is 9.59 Å². The molecule has 1 aliphatic rings. The van der Waals surface area contributed by atoms with Crippen molar-refractivity contribution in [3.8, 4) is 0 Å². The van der Waals surface area contributed by atoms with Crippen molar-refractivity contribution in [2.45, 2.75) is 25.5 Å². The predicted molar refractivity (Wildman–Crippen MR) is 53.9 cm³/mol. The summed E-state index contributed by atoms with van der Waals surface area (Å²) in [4.78, 5) is 24.2. The molecule has 0 spiro atoms. The molecule has 4 N–H and O–H groups in total. The maximum Gasteiger partial charge on any atom is 0.243 e. The standard InChI is InChI=1S/C9H17N3O3/c1-2-7-9(15)11-8(14)5-12(7)4-6(13)3-10/h6-7,13H,2-5,10H2,1H3,(H,11,14,15). The number of rotatable bonds is 4. The van der Waals surface area contributed by atoms with E-state index in [2.05, 4.69) is 5.32 Å². The van der Waals surface area contributed by atoms with Crippen molar-refractivity contribution in [1.29, 1.82) is 0 Å². The monoisotopic (exact) mass is 215 g/mol. The van der Waals surface area contributed by atoms with Gasteiger partial charge < -0.3 is 10.8 Å². The second-order valence-electron chi connectivity index (χ2n) is 3.66. The largest absolute Gasteiger partial charge is 0.390 e. The Balaban J connectivity index is 2.65. The minimum absolute atomic E-state index is 0.128. The topological polar surface area (TPSA) is 95.7 Å². The van der Waals surface area contributed by atoms with E-state index in [0.717, 1.165) is 0 Å². The lowest BCUT2D eigenvalue weighted by atomic mass is 10.1. The second kappa shape index (κ2) is 5.20. The summed E-state index contributed by atoms with van der Waals surface area (Å²) in [7, 11) is 0. The van der Waals surface area contributed by atoms with Crippen molar-refractivity contribution in [3.63, 3.8) is 0 Å². The molecular formula is C9H17N3O3. The molecule has 1 saturated heterocycles. The Kier molecular flexibility index (Phi) is 4.19. The number of amides is 2. The van der Waals surface area contributed by atoms with Crippen LogP contribution in [0.25, 0.3) is 0 Å². The van der Waals surface area contributed by atoms with Crippen molar-refractivity contribution in [3.05, 3.63) is 0 Å². The number of hydrogen-bond donors (Lipinski definition) is 3. The number of nitrogens with zero attached hydrogens (tertiary/aromatic N) is 1. The highest BCUT2D eigenvalue weighted by molar-refractivity contribution is 6.01. The molecule has 0 radical (unpaired) electrons. The summed E-state index contributed by atoms with van der Waals surface area (Å²) in [5.41, 5.74) is 5.28. The Morgan fingerprint density at radius 1 is 1.67 bits per heavy atom. The molecule has 0 aromatic rings. The highest BCUT2D eigenvalue weighted by Gasteiger charge is 2.32. The number of imide groups is 1. The third kappa shape index (κ3) is 2.98. The Labute approximate surface area is 88.4 Å². The molecule has 0 bridgehead atoms. The molecule has 2 amide bonds. The Morgan fingerprint density at radius 3 is 2.87 bits per heavy atom. The predicted octanol–water partition coefficient (Wildman–Crippen LogP) is -1.96. The van der Waals surface area contributed by atoms with Crippen LogP contribution < -0.4 is 11.1 Å². The van der Waals surface area contributed by atoms with Gasteiger partial charge in [0.15, 0.2) is 0 Å². The molecule has 2 unspecified atom stereocenters. The molecule has 1 aliphatic heterocycles. The van der Waals surface area contributed by atoms with Crippen LogP contribution in [0.2, 0.25) is 0 Å². The number of piperazine rings is 1. The van der Waals surface area contributed by atoms with Crippen LogP contribution in [-0.4, -0.2) is 53.6 Å². The third-order valence-corrected chi connectivity index (χ3v) is 2.46. The fourth-order valence-corrected chi connectivity index (χ4v) is 1.70. The van der Waals surface area contributed by atoms with Gasteiger partial charge in [-0.15, -0.1) is 0 Å². The Morgan fingerprint density at radius 2 is 2.33 bits per heavy atom. The zero-order valence-corrected chi connectivity index (χ0v) is 8.77. The number of carbonyl (C=O) groups is 2. The van der Waals surface area contributed by atoms with E-state index >= 15 is 0 Å². The molecule has 1 rings (SSSR count). The van der Waals surface area contributed by atoms with E-state index in [1.165, 1.54) is 0 Å². The molecule has 0 aromatic heterocycles. The van der Waals surface area contributed by atoms with Crippen molar-refractivity contribution in [2.24, 2.45) is 5.73 Å². The van der Waals surface area contributed by atoms with Gasteiger partial charge in [0.25, 0.3) is 0 Å². The van der Waals surface area contributed by atoms with E-state index in [4.69, 9.17) is 5.73 Å². The van der Waals surface area contributed by atoms with Crippen molar-refractivity contribution in [1.82, 2.24) is 10.2 Å². The molecule has 6 heteroatoms. The van der Waals surface area contributed by atoms with Crippen LogP contribution in [0.15, 0.2) is 0 Å². The summed E-state index contributed by atoms with van der Waals surface area (Å²) in [6.45, 7) is 2.39. The first-order valence-corrected chi connectivity index (χ1v) is 5.04. The molecule has 1 fully saturated rings. The molecule has 86 valence electrons. The summed E-state index contributed by atoms with van der Waals surface area (Å²) in [6.07, 6.45) is -0.0890. The van der Waals surface area contributed by atoms with Crippen LogP contribution in [0.5, 0.6) is 0 Å². The first-order valence-electron chi connectivity index (χ1n) is 5.04. The number of nitrogens with one attached hydrogen (secondary N) is 1. The summed E-state index contributed by atoms with van der Waals surface area (Å²) in [5, 5.41) is 11.7. The van der Waals surface area contributed by atoms with Crippen molar-refractivity contribution >= 4 is 11.8 Å². The third-order valence-electron chi connectivity index (χ3n) is 2.46. The first kappa shape index (κ1) is 12.1. The quantitative estimate of drug-likeness (QED) is 0.473. The zero-order valence-electron chi connectivity index (χ0n) is 8.77. The SMILES string of the molecule is CCC1C(=O)NC(=O)CN1CC(O)CN. The molecule has 0 aromatic carbocycles. The van der Waals surface area contributed by atoms with Gasteiger partial charge in [-0.3, -0.25) is 19.8 Å². The Bertz CT molecular complexity index is 257. The lowest BCUT2D eigenvalue weighted by Gasteiger charge is -2.34. The number of carbonyl (C=O) groups excluding carboxylic acids is 2. The molecule has 15 heavy (non-hydrogen) atoms. The van der Waals surface area contributed by atoms with Crippen molar-refractivity contribution in [2.75, 3.05) is 19.6 Å². The van der Waals surface area contributed by atoms with E-state index in [-0.39, 0.29) is 37.5 Å². The number of nitrogens with two attached hydrogens (primary N) is 1.